The van der Waals surface area contributed by atoms with Gasteiger partial charge >= 0.3 is 0 Å². The molecule has 0 spiro atoms. The third kappa shape index (κ3) is 2.68. The molecule has 2 aromatic rings. The van der Waals surface area contributed by atoms with Gasteiger partial charge in [-0.15, -0.1) is 0 Å². The van der Waals surface area contributed by atoms with E-state index in [4.69, 9.17) is 0 Å². The summed E-state index contributed by atoms with van der Waals surface area (Å²) in [5.74, 6) is -0.295. The number of anilines is 1. The molecule has 2 rings (SSSR count). The molecule has 0 aliphatic rings. The number of pyridine rings is 1. The standard InChI is InChI=1S/C13H11BrN2O2/c1-8-4-2-3-5-10(8)12(17)16-11-6-9(14)7-15-13(11)18/h2-7H,1H3,(H,15,18)(H,16,17). The Labute approximate surface area is 112 Å². The number of carbonyl (C=O) groups excluding carboxylic acids is 1. The molecule has 0 fully saturated rings. The Morgan fingerprint density at radius 1 is 1.33 bits per heavy atom. The van der Waals surface area contributed by atoms with Crippen LogP contribution in [0, 0.1) is 6.92 Å². The monoisotopic (exact) mass is 306 g/mol. The number of aromatic nitrogens is 1. The minimum absolute atomic E-state index is 0.220. The third-order valence-electron chi connectivity index (χ3n) is 2.51. The van der Waals surface area contributed by atoms with Crippen molar-refractivity contribution in [1.29, 1.82) is 0 Å². The predicted molar refractivity (Wildman–Crippen MR) is 73.9 cm³/mol. The van der Waals surface area contributed by atoms with Crippen molar-refractivity contribution in [2.75, 3.05) is 5.32 Å². The van der Waals surface area contributed by atoms with Crippen LogP contribution in [0.4, 0.5) is 5.69 Å². The highest BCUT2D eigenvalue weighted by Gasteiger charge is 2.10. The zero-order valence-electron chi connectivity index (χ0n) is 9.66. The first-order chi connectivity index (χ1) is 8.58. The molecule has 2 N–H and O–H groups in total. The van der Waals surface area contributed by atoms with Gasteiger partial charge in [-0.25, -0.2) is 0 Å². The quantitative estimate of drug-likeness (QED) is 0.896. The average molecular weight is 307 g/mol. The van der Waals surface area contributed by atoms with Gasteiger partial charge in [0.1, 0.15) is 5.69 Å². The van der Waals surface area contributed by atoms with Crippen LogP contribution in [0.1, 0.15) is 15.9 Å². The van der Waals surface area contributed by atoms with Gasteiger partial charge in [0.2, 0.25) is 0 Å². The van der Waals surface area contributed by atoms with Gasteiger partial charge < -0.3 is 10.3 Å². The number of H-pyrrole nitrogens is 1. The molecule has 4 nitrogen and oxygen atoms in total. The largest absolute Gasteiger partial charge is 0.326 e. The SMILES string of the molecule is Cc1ccccc1C(=O)Nc1cc(Br)c[nH]c1=O. The van der Waals surface area contributed by atoms with E-state index in [0.717, 1.165) is 5.56 Å². The Bertz CT molecular complexity index is 649. The van der Waals surface area contributed by atoms with Crippen molar-refractivity contribution >= 4 is 27.5 Å². The summed E-state index contributed by atoms with van der Waals surface area (Å²) in [6, 6.07) is 8.77. The first-order valence-electron chi connectivity index (χ1n) is 5.33. The predicted octanol–water partition coefficient (Wildman–Crippen LogP) is 2.70. The molecule has 0 atom stereocenters. The number of benzene rings is 1. The number of hydrogen-bond donors (Lipinski definition) is 2. The van der Waals surface area contributed by atoms with Crippen molar-refractivity contribution in [2.24, 2.45) is 0 Å². The molecule has 0 unspecified atom stereocenters. The lowest BCUT2D eigenvalue weighted by Crippen LogP contribution is -2.20. The van der Waals surface area contributed by atoms with Gasteiger partial charge in [-0.1, -0.05) is 18.2 Å². The summed E-state index contributed by atoms with van der Waals surface area (Å²) in [6.07, 6.45) is 1.52. The lowest BCUT2D eigenvalue weighted by molar-refractivity contribution is 0.102. The van der Waals surface area contributed by atoms with E-state index < -0.39 is 0 Å². The van der Waals surface area contributed by atoms with Crippen LogP contribution < -0.4 is 10.9 Å². The highest BCUT2D eigenvalue weighted by molar-refractivity contribution is 9.10. The van der Waals surface area contributed by atoms with E-state index in [0.29, 0.717) is 10.0 Å². The fourth-order valence-corrected chi connectivity index (χ4v) is 1.91. The summed E-state index contributed by atoms with van der Waals surface area (Å²) in [4.78, 5) is 26.1. The topological polar surface area (TPSA) is 62.0 Å². The number of aryl methyl sites for hydroxylation is 1. The van der Waals surface area contributed by atoms with Crippen LogP contribution in [-0.4, -0.2) is 10.9 Å². The fourth-order valence-electron chi connectivity index (χ4n) is 1.57. The fraction of sp³-hybridized carbons (Fsp3) is 0.0769. The Balaban J connectivity index is 2.30. The molecule has 18 heavy (non-hydrogen) atoms. The van der Waals surface area contributed by atoms with Crippen LogP contribution in [-0.2, 0) is 0 Å². The van der Waals surface area contributed by atoms with Gasteiger partial charge in [0, 0.05) is 16.2 Å². The maximum Gasteiger partial charge on any atom is 0.271 e. The van der Waals surface area contributed by atoms with Crippen molar-refractivity contribution in [3.63, 3.8) is 0 Å². The van der Waals surface area contributed by atoms with Gasteiger partial charge in [0.05, 0.1) is 0 Å². The number of hydrogen-bond acceptors (Lipinski definition) is 2. The molecular weight excluding hydrogens is 296 g/mol. The Hall–Kier alpha value is -1.88. The van der Waals surface area contributed by atoms with Crippen molar-refractivity contribution in [3.05, 3.63) is 62.5 Å². The molecule has 1 amide bonds. The summed E-state index contributed by atoms with van der Waals surface area (Å²) < 4.78 is 0.696. The molecule has 1 heterocycles. The van der Waals surface area contributed by atoms with Crippen LogP contribution in [0.15, 0.2) is 45.8 Å². The van der Waals surface area contributed by atoms with Crippen LogP contribution in [0.3, 0.4) is 0 Å². The van der Waals surface area contributed by atoms with Gasteiger partial charge in [0.25, 0.3) is 11.5 Å². The van der Waals surface area contributed by atoms with Gasteiger partial charge in [0.15, 0.2) is 0 Å². The molecular formula is C13H11BrN2O2. The van der Waals surface area contributed by atoms with E-state index in [2.05, 4.69) is 26.2 Å². The van der Waals surface area contributed by atoms with Crippen molar-refractivity contribution in [3.8, 4) is 0 Å². The van der Waals surface area contributed by atoms with Crippen molar-refractivity contribution < 1.29 is 4.79 Å². The number of rotatable bonds is 2. The van der Waals surface area contributed by atoms with E-state index in [-0.39, 0.29) is 17.2 Å². The lowest BCUT2D eigenvalue weighted by atomic mass is 10.1. The van der Waals surface area contributed by atoms with Gasteiger partial charge in [-0.2, -0.15) is 0 Å². The molecule has 92 valence electrons. The summed E-state index contributed by atoms with van der Waals surface area (Å²) in [7, 11) is 0. The molecule has 5 heteroatoms. The van der Waals surface area contributed by atoms with Crippen molar-refractivity contribution in [1.82, 2.24) is 4.98 Å². The third-order valence-corrected chi connectivity index (χ3v) is 2.96. The number of halogens is 1. The van der Waals surface area contributed by atoms with Crippen LogP contribution in [0.2, 0.25) is 0 Å². The molecule has 0 radical (unpaired) electrons. The Morgan fingerprint density at radius 3 is 2.78 bits per heavy atom. The highest BCUT2D eigenvalue weighted by Crippen LogP contribution is 2.13. The average Bonchev–Trinajstić information content (AvgIpc) is 2.34. The maximum absolute atomic E-state index is 12.0. The zero-order chi connectivity index (χ0) is 13.1. The molecule has 0 aliphatic carbocycles. The molecule has 0 saturated carbocycles. The minimum atomic E-state index is -0.333. The number of carbonyl (C=O) groups is 1. The summed E-state index contributed by atoms with van der Waals surface area (Å²) in [5, 5.41) is 2.60. The minimum Gasteiger partial charge on any atom is -0.326 e. The lowest BCUT2D eigenvalue weighted by Gasteiger charge is -2.06. The molecule has 1 aromatic carbocycles. The van der Waals surface area contributed by atoms with E-state index in [9.17, 15) is 9.59 Å². The smallest absolute Gasteiger partial charge is 0.271 e. The van der Waals surface area contributed by atoms with Crippen LogP contribution in [0.5, 0.6) is 0 Å². The van der Waals surface area contributed by atoms with Crippen LogP contribution in [0.25, 0.3) is 0 Å². The molecule has 1 aromatic heterocycles. The van der Waals surface area contributed by atoms with Crippen molar-refractivity contribution in [2.45, 2.75) is 6.92 Å². The van der Waals surface area contributed by atoms with Gasteiger partial charge in [-0.3, -0.25) is 9.59 Å². The first kappa shape index (κ1) is 12.6. The molecule has 0 bridgehead atoms. The summed E-state index contributed by atoms with van der Waals surface area (Å²) in [6.45, 7) is 1.85. The first-order valence-corrected chi connectivity index (χ1v) is 6.12. The normalized spacial score (nSPS) is 10.1. The van der Waals surface area contributed by atoms with E-state index in [1.165, 1.54) is 6.20 Å². The Morgan fingerprint density at radius 2 is 2.06 bits per heavy atom. The maximum atomic E-state index is 12.0. The second-order valence-corrected chi connectivity index (χ2v) is 4.75. The number of nitrogens with one attached hydrogen (secondary N) is 2. The summed E-state index contributed by atoms with van der Waals surface area (Å²) in [5.41, 5.74) is 1.30. The van der Waals surface area contributed by atoms with Crippen LogP contribution >= 0.6 is 15.9 Å². The molecule has 0 aliphatic heterocycles. The second kappa shape index (κ2) is 5.18. The highest BCUT2D eigenvalue weighted by atomic mass is 79.9. The van der Waals surface area contributed by atoms with Gasteiger partial charge in [-0.05, 0) is 40.5 Å². The number of aromatic amines is 1. The van der Waals surface area contributed by atoms with E-state index >= 15 is 0 Å². The number of amides is 1. The second-order valence-electron chi connectivity index (χ2n) is 3.83. The van der Waals surface area contributed by atoms with E-state index in [1.807, 2.05) is 19.1 Å². The molecule has 0 saturated heterocycles. The zero-order valence-corrected chi connectivity index (χ0v) is 11.2. The Kier molecular flexibility index (Phi) is 3.62. The van der Waals surface area contributed by atoms with E-state index in [1.54, 1.807) is 18.2 Å². The summed E-state index contributed by atoms with van der Waals surface area (Å²) >= 11 is 3.24.